The summed E-state index contributed by atoms with van der Waals surface area (Å²) in [6.45, 7) is 0. The molecular weight excluding hydrogens is 213 g/mol. The van der Waals surface area contributed by atoms with Gasteiger partial charge in [-0.1, -0.05) is 37.8 Å². The van der Waals surface area contributed by atoms with Gasteiger partial charge in [-0.2, -0.15) is 5.26 Å². The molecule has 0 amide bonds. The molecule has 2 heteroatoms. The van der Waals surface area contributed by atoms with Crippen molar-refractivity contribution in [1.82, 2.24) is 0 Å². The van der Waals surface area contributed by atoms with E-state index in [-0.39, 0.29) is 11.2 Å². The van der Waals surface area contributed by atoms with E-state index in [2.05, 4.69) is 6.07 Å². The quantitative estimate of drug-likeness (QED) is 0.699. The fourth-order valence-corrected chi connectivity index (χ4v) is 2.77. The van der Waals surface area contributed by atoms with Crippen molar-refractivity contribution < 1.29 is 4.39 Å². The van der Waals surface area contributed by atoms with Crippen molar-refractivity contribution in [3.63, 3.8) is 0 Å². The summed E-state index contributed by atoms with van der Waals surface area (Å²) in [5, 5.41) is 9.45. The van der Waals surface area contributed by atoms with E-state index in [1.165, 1.54) is 18.9 Å². The highest BCUT2D eigenvalue weighted by Crippen LogP contribution is 2.37. The second-order valence-electron chi connectivity index (χ2n) is 5.11. The molecular formula is C15H18FN. The van der Waals surface area contributed by atoms with Crippen LogP contribution in [0.4, 0.5) is 4.39 Å². The Kier molecular flexibility index (Phi) is 3.78. The first-order valence-electron chi connectivity index (χ1n) is 6.40. The first-order chi connectivity index (χ1) is 8.24. The first-order valence-corrected chi connectivity index (χ1v) is 6.40. The molecule has 2 rings (SSSR count). The summed E-state index contributed by atoms with van der Waals surface area (Å²) >= 11 is 0. The summed E-state index contributed by atoms with van der Waals surface area (Å²) in [5.74, 6) is -0.204. The van der Waals surface area contributed by atoms with Gasteiger partial charge in [0, 0.05) is 0 Å². The van der Waals surface area contributed by atoms with E-state index in [0.717, 1.165) is 31.2 Å². The summed E-state index contributed by atoms with van der Waals surface area (Å²) in [4.78, 5) is 0. The van der Waals surface area contributed by atoms with Crippen molar-refractivity contribution in [2.45, 2.75) is 44.9 Å². The van der Waals surface area contributed by atoms with Crippen LogP contribution in [-0.2, 0) is 6.42 Å². The fraction of sp³-hybridized carbons (Fsp3) is 0.533. The molecule has 1 aliphatic rings. The predicted molar refractivity (Wildman–Crippen MR) is 65.9 cm³/mol. The molecule has 1 saturated carbocycles. The molecule has 1 aromatic rings. The topological polar surface area (TPSA) is 23.8 Å². The van der Waals surface area contributed by atoms with E-state index in [9.17, 15) is 9.65 Å². The van der Waals surface area contributed by atoms with E-state index in [1.54, 1.807) is 12.1 Å². The third-order valence-corrected chi connectivity index (χ3v) is 3.73. The third kappa shape index (κ3) is 3.06. The number of hydrogen-bond donors (Lipinski definition) is 0. The van der Waals surface area contributed by atoms with Crippen LogP contribution in [0.2, 0.25) is 0 Å². The molecule has 0 bridgehead atoms. The maximum atomic E-state index is 13.1. The lowest BCUT2D eigenvalue weighted by Gasteiger charge is -2.24. The molecule has 1 nitrogen and oxygen atoms in total. The smallest absolute Gasteiger partial charge is 0.123 e. The maximum Gasteiger partial charge on any atom is 0.123 e. The van der Waals surface area contributed by atoms with Crippen LogP contribution in [0.25, 0.3) is 0 Å². The van der Waals surface area contributed by atoms with Gasteiger partial charge in [-0.15, -0.1) is 0 Å². The van der Waals surface area contributed by atoms with Gasteiger partial charge in [0.2, 0.25) is 0 Å². The summed E-state index contributed by atoms with van der Waals surface area (Å²) < 4.78 is 13.1. The Morgan fingerprint density at radius 3 is 2.47 bits per heavy atom. The van der Waals surface area contributed by atoms with Crippen molar-refractivity contribution in [2.75, 3.05) is 0 Å². The molecule has 0 aliphatic heterocycles. The van der Waals surface area contributed by atoms with Crippen molar-refractivity contribution in [3.05, 3.63) is 35.6 Å². The standard InChI is InChI=1S/C15H18FN/c16-14-7-5-6-13(10-14)11-15(12-17)8-3-1-2-4-9-15/h5-7,10H,1-4,8-9,11H2. The Morgan fingerprint density at radius 1 is 1.18 bits per heavy atom. The van der Waals surface area contributed by atoms with Gasteiger partial charge in [0.25, 0.3) is 0 Å². The highest BCUT2D eigenvalue weighted by Gasteiger charge is 2.31. The van der Waals surface area contributed by atoms with Gasteiger partial charge in [0.05, 0.1) is 11.5 Å². The van der Waals surface area contributed by atoms with Crippen LogP contribution in [0.15, 0.2) is 24.3 Å². The number of rotatable bonds is 2. The number of halogens is 1. The van der Waals surface area contributed by atoms with Gasteiger partial charge in [-0.05, 0) is 37.0 Å². The summed E-state index contributed by atoms with van der Waals surface area (Å²) in [5.41, 5.74) is 0.693. The highest BCUT2D eigenvalue weighted by molar-refractivity contribution is 5.20. The van der Waals surface area contributed by atoms with Crippen LogP contribution in [0.5, 0.6) is 0 Å². The van der Waals surface area contributed by atoms with Crippen LogP contribution in [0.3, 0.4) is 0 Å². The van der Waals surface area contributed by atoms with Crippen molar-refractivity contribution in [3.8, 4) is 6.07 Å². The average Bonchev–Trinajstić information content (AvgIpc) is 2.55. The highest BCUT2D eigenvalue weighted by atomic mass is 19.1. The lowest BCUT2D eigenvalue weighted by atomic mass is 9.77. The maximum absolute atomic E-state index is 13.1. The SMILES string of the molecule is N#CC1(Cc2cccc(F)c2)CCCCCC1. The van der Waals surface area contributed by atoms with Gasteiger partial charge in [0.15, 0.2) is 0 Å². The van der Waals surface area contributed by atoms with Gasteiger partial charge < -0.3 is 0 Å². The van der Waals surface area contributed by atoms with Gasteiger partial charge >= 0.3 is 0 Å². The van der Waals surface area contributed by atoms with E-state index in [4.69, 9.17) is 0 Å². The molecule has 0 aromatic heterocycles. The van der Waals surface area contributed by atoms with E-state index >= 15 is 0 Å². The zero-order chi connectivity index (χ0) is 12.1. The Bertz CT molecular complexity index is 411. The molecule has 1 fully saturated rings. The molecule has 0 saturated heterocycles. The summed E-state index contributed by atoms with van der Waals surface area (Å²) in [6, 6.07) is 9.17. The zero-order valence-electron chi connectivity index (χ0n) is 10.1. The van der Waals surface area contributed by atoms with Crippen molar-refractivity contribution in [2.24, 2.45) is 5.41 Å². The second-order valence-corrected chi connectivity index (χ2v) is 5.11. The lowest BCUT2D eigenvalue weighted by Crippen LogP contribution is -2.20. The molecule has 0 heterocycles. The molecule has 0 atom stereocenters. The Labute approximate surface area is 102 Å². The van der Waals surface area contributed by atoms with Crippen molar-refractivity contribution >= 4 is 0 Å². The Hall–Kier alpha value is -1.36. The third-order valence-electron chi connectivity index (χ3n) is 3.73. The van der Waals surface area contributed by atoms with E-state index in [0.29, 0.717) is 6.42 Å². The first kappa shape index (κ1) is 12.1. The number of benzene rings is 1. The van der Waals surface area contributed by atoms with Gasteiger partial charge in [0.1, 0.15) is 5.82 Å². The Morgan fingerprint density at radius 2 is 1.88 bits per heavy atom. The fourth-order valence-electron chi connectivity index (χ4n) is 2.77. The normalized spacial score (nSPS) is 19.3. The van der Waals surface area contributed by atoms with Crippen LogP contribution in [0.1, 0.15) is 44.1 Å². The molecule has 90 valence electrons. The van der Waals surface area contributed by atoms with Crippen molar-refractivity contribution in [1.29, 1.82) is 5.26 Å². The average molecular weight is 231 g/mol. The second kappa shape index (κ2) is 5.31. The number of nitrogens with zero attached hydrogens (tertiary/aromatic N) is 1. The number of hydrogen-bond acceptors (Lipinski definition) is 1. The minimum Gasteiger partial charge on any atom is -0.207 e. The molecule has 17 heavy (non-hydrogen) atoms. The van der Waals surface area contributed by atoms with Gasteiger partial charge in [-0.3, -0.25) is 0 Å². The molecule has 1 aliphatic carbocycles. The van der Waals surface area contributed by atoms with Gasteiger partial charge in [-0.25, -0.2) is 4.39 Å². The van der Waals surface area contributed by atoms with E-state index in [1.807, 2.05) is 6.07 Å². The van der Waals surface area contributed by atoms with Crippen LogP contribution < -0.4 is 0 Å². The molecule has 0 unspecified atom stereocenters. The molecule has 0 spiro atoms. The number of nitriles is 1. The van der Waals surface area contributed by atoms with Crippen LogP contribution >= 0.6 is 0 Å². The predicted octanol–water partition coefficient (Wildman–Crippen LogP) is 4.23. The van der Waals surface area contributed by atoms with Crippen LogP contribution in [-0.4, -0.2) is 0 Å². The minimum atomic E-state index is -0.260. The minimum absolute atomic E-state index is 0.204. The molecule has 1 aromatic carbocycles. The summed E-state index contributed by atoms with van der Waals surface area (Å²) in [7, 11) is 0. The lowest BCUT2D eigenvalue weighted by molar-refractivity contribution is 0.338. The summed E-state index contributed by atoms with van der Waals surface area (Å²) in [6.07, 6.45) is 7.33. The monoisotopic (exact) mass is 231 g/mol. The largest absolute Gasteiger partial charge is 0.207 e. The van der Waals surface area contributed by atoms with Crippen LogP contribution in [0, 0.1) is 22.6 Å². The zero-order valence-corrected chi connectivity index (χ0v) is 10.1. The van der Waals surface area contributed by atoms with E-state index < -0.39 is 0 Å². The molecule has 0 radical (unpaired) electrons. The Balaban J connectivity index is 2.16. The molecule has 0 N–H and O–H groups in total.